The fraction of sp³-hybridized carbons (Fsp3) is 0.400. The van der Waals surface area contributed by atoms with Crippen LogP contribution in [0, 0.1) is 5.82 Å². The normalized spacial score (nSPS) is 14.2. The van der Waals surface area contributed by atoms with Crippen LogP contribution in [0.5, 0.6) is 0 Å². The number of benzene rings is 2. The van der Waals surface area contributed by atoms with E-state index in [1.165, 1.54) is 12.1 Å². The highest BCUT2D eigenvalue weighted by Gasteiger charge is 2.31. The van der Waals surface area contributed by atoms with Gasteiger partial charge in [0, 0.05) is 36.9 Å². The average molecular weight is 499 g/mol. The number of halogens is 1. The standard InChI is InChI=1S/C25H29BFN2O5S/c1-28-25(30)23-20-14-19(16-4-5-16)21(29(35(2)32)11-13-33-12-3-10-26-31)15-22(20)34-24(23)17-6-8-18(27)9-7-17/h6-9,14-16,31H,3-5,10-13H2,1-2H3,(H,28,30). The van der Waals surface area contributed by atoms with E-state index in [-0.39, 0.29) is 11.7 Å². The van der Waals surface area contributed by atoms with Crippen LogP contribution in [0.3, 0.4) is 0 Å². The Labute approximate surface area is 207 Å². The summed E-state index contributed by atoms with van der Waals surface area (Å²) in [6, 6.07) is 9.66. The molecule has 185 valence electrons. The lowest BCUT2D eigenvalue weighted by molar-refractivity contribution is 0.0964. The molecule has 2 N–H and O–H groups in total. The number of carbonyl (C=O) groups is 1. The zero-order chi connectivity index (χ0) is 24.9. The summed E-state index contributed by atoms with van der Waals surface area (Å²) in [7, 11) is 1.37. The van der Waals surface area contributed by atoms with Crippen LogP contribution in [0.4, 0.5) is 10.1 Å². The van der Waals surface area contributed by atoms with E-state index >= 15 is 0 Å². The van der Waals surface area contributed by atoms with Gasteiger partial charge in [-0.2, -0.15) is 0 Å². The molecule has 10 heteroatoms. The van der Waals surface area contributed by atoms with Crippen molar-refractivity contribution in [2.75, 3.05) is 37.4 Å². The number of carbonyl (C=O) groups excluding carboxylic acids is 1. The number of anilines is 1. The molecule has 1 unspecified atom stereocenters. The summed E-state index contributed by atoms with van der Waals surface area (Å²) in [6.07, 6.45) is 4.95. The average Bonchev–Trinajstić information content (AvgIpc) is 3.63. The second kappa shape index (κ2) is 11.4. The highest BCUT2D eigenvalue weighted by Crippen LogP contribution is 2.47. The third-order valence-corrected chi connectivity index (χ3v) is 7.05. The van der Waals surface area contributed by atoms with E-state index in [0.29, 0.717) is 66.3 Å². The second-order valence-electron chi connectivity index (χ2n) is 8.54. The van der Waals surface area contributed by atoms with Crippen molar-refractivity contribution < 1.29 is 27.6 Å². The van der Waals surface area contributed by atoms with Crippen LogP contribution in [0.15, 0.2) is 40.8 Å². The maximum Gasteiger partial charge on any atom is 0.287 e. The molecule has 1 aliphatic carbocycles. The lowest BCUT2D eigenvalue weighted by Crippen LogP contribution is -2.30. The molecule has 1 heterocycles. The number of nitrogens with zero attached hydrogens (tertiary/aromatic N) is 1. The second-order valence-corrected chi connectivity index (χ2v) is 9.83. The van der Waals surface area contributed by atoms with Crippen molar-refractivity contribution in [3.63, 3.8) is 0 Å². The first kappa shape index (κ1) is 25.4. The van der Waals surface area contributed by atoms with Gasteiger partial charge in [-0.15, -0.1) is 0 Å². The number of fused-ring (bicyclic) bond motifs is 1. The molecule has 2 aromatic carbocycles. The highest BCUT2D eigenvalue weighted by atomic mass is 32.2. The summed E-state index contributed by atoms with van der Waals surface area (Å²) in [5.74, 6) is 0.0269. The van der Waals surface area contributed by atoms with Gasteiger partial charge in [0.25, 0.3) is 13.4 Å². The minimum atomic E-state index is -1.31. The predicted octanol–water partition coefficient (Wildman–Crippen LogP) is 4.01. The summed E-state index contributed by atoms with van der Waals surface area (Å²) in [4.78, 5) is 12.9. The number of amides is 1. The fourth-order valence-electron chi connectivity index (χ4n) is 4.15. The van der Waals surface area contributed by atoms with Gasteiger partial charge in [0.05, 0.1) is 24.4 Å². The van der Waals surface area contributed by atoms with Gasteiger partial charge in [0.1, 0.15) is 28.1 Å². The summed E-state index contributed by atoms with van der Waals surface area (Å²) in [5.41, 5.74) is 3.32. The fourth-order valence-corrected chi connectivity index (χ4v) is 4.92. The van der Waals surface area contributed by atoms with Crippen molar-refractivity contribution in [2.45, 2.75) is 31.5 Å². The monoisotopic (exact) mass is 499 g/mol. The summed E-state index contributed by atoms with van der Waals surface area (Å²) < 4.78 is 39.9. The number of hydrogen-bond acceptors (Lipinski definition) is 5. The zero-order valence-electron chi connectivity index (χ0n) is 19.9. The molecular weight excluding hydrogens is 470 g/mol. The van der Waals surface area contributed by atoms with Gasteiger partial charge in [0.15, 0.2) is 0 Å². The number of ether oxygens (including phenoxy) is 1. The van der Waals surface area contributed by atoms with Crippen molar-refractivity contribution >= 4 is 41.0 Å². The van der Waals surface area contributed by atoms with Crippen LogP contribution in [-0.4, -0.2) is 55.7 Å². The smallest absolute Gasteiger partial charge is 0.287 e. The van der Waals surface area contributed by atoms with Crippen LogP contribution < -0.4 is 9.62 Å². The van der Waals surface area contributed by atoms with E-state index < -0.39 is 11.0 Å². The predicted molar refractivity (Wildman–Crippen MR) is 137 cm³/mol. The van der Waals surface area contributed by atoms with Crippen LogP contribution >= 0.6 is 0 Å². The number of nitrogens with one attached hydrogen (secondary N) is 1. The van der Waals surface area contributed by atoms with Crippen molar-refractivity contribution in [3.8, 4) is 11.3 Å². The Hall–Kier alpha value is -2.69. The van der Waals surface area contributed by atoms with Crippen molar-refractivity contribution in [3.05, 3.63) is 53.3 Å². The van der Waals surface area contributed by atoms with Gasteiger partial charge in [-0.05, 0) is 67.4 Å². The molecule has 4 rings (SSSR count). The van der Waals surface area contributed by atoms with Gasteiger partial charge in [-0.3, -0.25) is 9.10 Å². The molecule has 1 fully saturated rings. The number of hydrogen-bond donors (Lipinski definition) is 2. The van der Waals surface area contributed by atoms with Crippen molar-refractivity contribution in [1.82, 2.24) is 5.32 Å². The first-order valence-electron chi connectivity index (χ1n) is 11.7. The van der Waals surface area contributed by atoms with Gasteiger partial charge < -0.3 is 19.5 Å². The molecule has 1 amide bonds. The zero-order valence-corrected chi connectivity index (χ0v) is 20.7. The molecule has 1 atom stereocenters. The molecule has 1 radical (unpaired) electrons. The molecule has 0 spiro atoms. The van der Waals surface area contributed by atoms with E-state index in [9.17, 15) is 13.4 Å². The molecule has 0 saturated heterocycles. The Morgan fingerprint density at radius 3 is 2.66 bits per heavy atom. The van der Waals surface area contributed by atoms with E-state index in [0.717, 1.165) is 31.6 Å². The topological polar surface area (TPSA) is 92.0 Å². The third-order valence-electron chi connectivity index (χ3n) is 6.05. The van der Waals surface area contributed by atoms with Gasteiger partial charge in [-0.25, -0.2) is 8.60 Å². The first-order valence-corrected chi connectivity index (χ1v) is 13.2. The lowest BCUT2D eigenvalue weighted by Gasteiger charge is -2.24. The van der Waals surface area contributed by atoms with E-state index in [1.807, 2.05) is 12.1 Å². The maximum atomic E-state index is 13.5. The van der Waals surface area contributed by atoms with Gasteiger partial charge in [0.2, 0.25) is 0 Å². The Kier molecular flexibility index (Phi) is 8.25. The largest absolute Gasteiger partial charge is 0.455 e. The molecule has 0 bridgehead atoms. The summed E-state index contributed by atoms with van der Waals surface area (Å²) in [5, 5.41) is 12.1. The number of rotatable bonds is 12. The van der Waals surface area contributed by atoms with E-state index in [1.54, 1.807) is 29.7 Å². The van der Waals surface area contributed by atoms with E-state index in [2.05, 4.69) is 5.32 Å². The minimum absolute atomic E-state index is 0.290. The van der Waals surface area contributed by atoms with E-state index in [4.69, 9.17) is 14.2 Å². The van der Waals surface area contributed by atoms with Crippen LogP contribution in [0.1, 0.15) is 41.1 Å². The molecule has 1 aliphatic rings. The summed E-state index contributed by atoms with van der Waals surface area (Å²) >= 11 is 0. The van der Waals surface area contributed by atoms with Crippen LogP contribution in [-0.2, 0) is 15.7 Å². The lowest BCUT2D eigenvalue weighted by atomic mass is 9.94. The molecule has 1 aromatic heterocycles. The van der Waals surface area contributed by atoms with Gasteiger partial charge >= 0.3 is 0 Å². The molecule has 0 aliphatic heterocycles. The molecule has 3 aromatic rings. The van der Waals surface area contributed by atoms with Crippen molar-refractivity contribution in [1.29, 1.82) is 0 Å². The minimum Gasteiger partial charge on any atom is -0.455 e. The van der Waals surface area contributed by atoms with Crippen LogP contribution in [0.25, 0.3) is 22.3 Å². The Morgan fingerprint density at radius 2 is 2.03 bits per heavy atom. The maximum absolute atomic E-state index is 13.5. The summed E-state index contributed by atoms with van der Waals surface area (Å²) in [6.45, 7) is 1.31. The van der Waals surface area contributed by atoms with Gasteiger partial charge in [-0.1, -0.05) is 0 Å². The van der Waals surface area contributed by atoms with Crippen molar-refractivity contribution in [2.24, 2.45) is 0 Å². The number of furan rings is 1. The Morgan fingerprint density at radius 1 is 1.29 bits per heavy atom. The molecule has 7 nitrogen and oxygen atoms in total. The first-order chi connectivity index (χ1) is 16.9. The highest BCUT2D eigenvalue weighted by molar-refractivity contribution is 7.85. The molecule has 1 saturated carbocycles. The Bertz CT molecular complexity index is 1210. The quantitative estimate of drug-likeness (QED) is 0.290. The third kappa shape index (κ3) is 5.77. The van der Waals surface area contributed by atoms with Crippen LogP contribution in [0.2, 0.25) is 6.32 Å². The molecule has 35 heavy (non-hydrogen) atoms. The SMILES string of the molecule is CNC(=O)c1c(-c2ccc(F)cc2)oc2cc(N(CCOCCC[B]O)S(C)=O)c(C3CC3)cc12. The molecular formula is C25H29BFN2O5S. The Balaban J connectivity index is 1.75.